The lowest BCUT2D eigenvalue weighted by Crippen LogP contribution is -2.37. The minimum absolute atomic E-state index is 0.337. The van der Waals surface area contributed by atoms with Gasteiger partial charge in [-0.15, -0.1) is 0 Å². The van der Waals surface area contributed by atoms with Crippen LogP contribution >= 0.6 is 11.6 Å². The molecule has 1 aliphatic heterocycles. The standard InChI is InChI=1S/C20H28ClN3O2/c1-14(2)24-13-23(3)10-19(24)16-7-5-4-6-15(16)12-26-20-9-22-8-18(21)17(20)11-25/h8-11,14-16H,4-7,12-13H2,1-3H3. The number of ether oxygens (including phenoxy) is 1. The third kappa shape index (κ3) is 3.98. The molecule has 1 fully saturated rings. The van der Waals surface area contributed by atoms with Crippen LogP contribution in [0.5, 0.6) is 5.75 Å². The van der Waals surface area contributed by atoms with E-state index in [0.29, 0.717) is 40.8 Å². The molecule has 26 heavy (non-hydrogen) atoms. The van der Waals surface area contributed by atoms with Gasteiger partial charge < -0.3 is 14.5 Å². The summed E-state index contributed by atoms with van der Waals surface area (Å²) in [6.45, 7) is 6.02. The van der Waals surface area contributed by atoms with Gasteiger partial charge in [-0.2, -0.15) is 0 Å². The lowest BCUT2D eigenvalue weighted by Gasteiger charge is -2.37. The van der Waals surface area contributed by atoms with Gasteiger partial charge in [-0.25, -0.2) is 0 Å². The molecule has 2 atom stereocenters. The smallest absolute Gasteiger partial charge is 0.155 e. The number of carbonyl (C=O) groups is 1. The van der Waals surface area contributed by atoms with E-state index in [0.717, 1.165) is 19.4 Å². The predicted molar refractivity (Wildman–Crippen MR) is 103 cm³/mol. The van der Waals surface area contributed by atoms with Gasteiger partial charge in [0.1, 0.15) is 5.75 Å². The van der Waals surface area contributed by atoms with E-state index < -0.39 is 0 Å². The van der Waals surface area contributed by atoms with Gasteiger partial charge in [-0.1, -0.05) is 24.4 Å². The van der Waals surface area contributed by atoms with Gasteiger partial charge in [0, 0.05) is 43.0 Å². The number of aldehydes is 1. The third-order valence-corrected chi connectivity index (χ3v) is 5.75. The highest BCUT2D eigenvalue weighted by Crippen LogP contribution is 2.39. The van der Waals surface area contributed by atoms with Gasteiger partial charge in [0.15, 0.2) is 6.29 Å². The van der Waals surface area contributed by atoms with Crippen molar-refractivity contribution in [2.24, 2.45) is 11.8 Å². The predicted octanol–water partition coefficient (Wildman–Crippen LogP) is 4.19. The fraction of sp³-hybridized carbons (Fsp3) is 0.600. The first-order valence-corrected chi connectivity index (χ1v) is 9.79. The molecule has 0 aromatic carbocycles. The summed E-state index contributed by atoms with van der Waals surface area (Å²) in [6, 6.07) is 0.480. The van der Waals surface area contributed by atoms with E-state index in [2.05, 4.69) is 41.9 Å². The van der Waals surface area contributed by atoms with Crippen LogP contribution in [0.2, 0.25) is 5.02 Å². The lowest BCUT2D eigenvalue weighted by molar-refractivity contribution is 0.111. The Kier molecular flexibility index (Phi) is 6.07. The summed E-state index contributed by atoms with van der Waals surface area (Å²) in [5, 5.41) is 0.337. The van der Waals surface area contributed by atoms with Gasteiger partial charge in [0.2, 0.25) is 0 Å². The van der Waals surface area contributed by atoms with Crippen molar-refractivity contribution in [3.05, 3.63) is 34.9 Å². The van der Waals surface area contributed by atoms with Crippen LogP contribution in [0.15, 0.2) is 24.3 Å². The highest BCUT2D eigenvalue weighted by molar-refractivity contribution is 6.33. The van der Waals surface area contributed by atoms with Crippen LogP contribution in [0.3, 0.4) is 0 Å². The number of hydrogen-bond donors (Lipinski definition) is 0. The maximum atomic E-state index is 11.3. The van der Waals surface area contributed by atoms with Gasteiger partial charge >= 0.3 is 0 Å². The number of pyridine rings is 1. The summed E-state index contributed by atoms with van der Waals surface area (Å²) in [7, 11) is 2.13. The molecule has 0 radical (unpaired) electrons. The first-order chi connectivity index (χ1) is 12.5. The molecular formula is C20H28ClN3O2. The second-order valence-corrected chi connectivity index (χ2v) is 8.04. The molecule has 1 saturated carbocycles. The molecule has 2 aliphatic rings. The summed E-state index contributed by atoms with van der Waals surface area (Å²) < 4.78 is 6.02. The molecule has 0 amide bonds. The molecule has 1 aromatic heterocycles. The van der Waals surface area contributed by atoms with Gasteiger partial charge in [0.25, 0.3) is 0 Å². The molecule has 5 nitrogen and oxygen atoms in total. The van der Waals surface area contributed by atoms with Crippen LogP contribution in [0, 0.1) is 11.8 Å². The Morgan fingerprint density at radius 3 is 2.85 bits per heavy atom. The zero-order chi connectivity index (χ0) is 18.7. The molecule has 3 rings (SSSR count). The SMILES string of the molecule is CC(C)N1CN(C)C=C1C1CCCCC1COc1cncc(Cl)c1C=O. The van der Waals surface area contributed by atoms with Crippen molar-refractivity contribution in [3.63, 3.8) is 0 Å². The van der Waals surface area contributed by atoms with E-state index in [4.69, 9.17) is 16.3 Å². The van der Waals surface area contributed by atoms with E-state index in [-0.39, 0.29) is 0 Å². The van der Waals surface area contributed by atoms with Crippen LogP contribution in [0.4, 0.5) is 0 Å². The van der Waals surface area contributed by atoms with Crippen molar-refractivity contribution in [2.75, 3.05) is 20.3 Å². The van der Waals surface area contributed by atoms with Crippen LogP contribution in [0.25, 0.3) is 0 Å². The summed E-state index contributed by atoms with van der Waals surface area (Å²) in [5.41, 5.74) is 1.81. The van der Waals surface area contributed by atoms with Crippen molar-refractivity contribution in [1.29, 1.82) is 0 Å². The second-order valence-electron chi connectivity index (χ2n) is 7.63. The van der Waals surface area contributed by atoms with Crippen molar-refractivity contribution >= 4 is 17.9 Å². The Bertz CT molecular complexity index is 677. The quantitative estimate of drug-likeness (QED) is 0.695. The van der Waals surface area contributed by atoms with Crippen molar-refractivity contribution in [3.8, 4) is 5.75 Å². The minimum Gasteiger partial charge on any atom is -0.491 e. The zero-order valence-corrected chi connectivity index (χ0v) is 16.6. The molecule has 0 N–H and O–H groups in total. The van der Waals surface area contributed by atoms with Crippen LogP contribution in [-0.2, 0) is 0 Å². The van der Waals surface area contributed by atoms with Crippen LogP contribution in [0.1, 0.15) is 49.9 Å². The van der Waals surface area contributed by atoms with Crippen molar-refractivity contribution in [2.45, 2.75) is 45.6 Å². The Morgan fingerprint density at radius 2 is 2.12 bits per heavy atom. The number of hydrogen-bond acceptors (Lipinski definition) is 5. The summed E-state index contributed by atoms with van der Waals surface area (Å²) in [4.78, 5) is 20.1. The van der Waals surface area contributed by atoms with Crippen molar-refractivity contribution in [1.82, 2.24) is 14.8 Å². The topological polar surface area (TPSA) is 45.7 Å². The zero-order valence-electron chi connectivity index (χ0n) is 15.8. The number of halogens is 1. The fourth-order valence-corrected chi connectivity index (χ4v) is 4.28. The second kappa shape index (κ2) is 8.30. The molecule has 6 heteroatoms. The monoisotopic (exact) mass is 377 g/mol. The van der Waals surface area contributed by atoms with E-state index in [1.54, 1.807) is 6.20 Å². The Hall–Kier alpha value is -1.75. The summed E-state index contributed by atoms with van der Waals surface area (Å²) in [6.07, 6.45) is 10.9. The molecule has 0 bridgehead atoms. The van der Waals surface area contributed by atoms with E-state index in [1.165, 1.54) is 31.2 Å². The maximum absolute atomic E-state index is 11.3. The molecule has 142 valence electrons. The number of carbonyl (C=O) groups excluding carboxylic acids is 1. The Morgan fingerprint density at radius 1 is 1.35 bits per heavy atom. The molecular weight excluding hydrogens is 350 g/mol. The summed E-state index contributed by atoms with van der Waals surface area (Å²) in [5.74, 6) is 1.40. The van der Waals surface area contributed by atoms with Gasteiger partial charge in [-0.3, -0.25) is 9.78 Å². The van der Waals surface area contributed by atoms with Gasteiger partial charge in [-0.05, 0) is 26.7 Å². The molecule has 0 spiro atoms. The number of aromatic nitrogens is 1. The Labute approximate surface area is 161 Å². The Balaban J connectivity index is 1.75. The molecule has 2 unspecified atom stereocenters. The highest BCUT2D eigenvalue weighted by atomic mass is 35.5. The molecule has 1 aromatic rings. The number of rotatable bonds is 6. The first-order valence-electron chi connectivity index (χ1n) is 9.41. The largest absolute Gasteiger partial charge is 0.491 e. The van der Waals surface area contributed by atoms with E-state index >= 15 is 0 Å². The van der Waals surface area contributed by atoms with E-state index in [1.807, 2.05) is 0 Å². The van der Waals surface area contributed by atoms with Gasteiger partial charge in [0.05, 0.1) is 30.1 Å². The summed E-state index contributed by atoms with van der Waals surface area (Å²) >= 11 is 6.06. The lowest BCUT2D eigenvalue weighted by atomic mass is 9.77. The molecule has 2 heterocycles. The molecule has 1 aliphatic carbocycles. The number of nitrogens with zero attached hydrogens (tertiary/aromatic N) is 3. The first kappa shape index (κ1) is 19.0. The van der Waals surface area contributed by atoms with Crippen molar-refractivity contribution < 1.29 is 9.53 Å². The maximum Gasteiger partial charge on any atom is 0.155 e. The third-order valence-electron chi connectivity index (χ3n) is 5.45. The average Bonchev–Trinajstić information content (AvgIpc) is 3.02. The van der Waals surface area contributed by atoms with Crippen LogP contribution < -0.4 is 4.74 Å². The highest BCUT2D eigenvalue weighted by Gasteiger charge is 2.35. The number of allylic oxidation sites excluding steroid dienone is 1. The fourth-order valence-electron chi connectivity index (χ4n) is 4.08. The average molecular weight is 378 g/mol. The molecule has 0 saturated heterocycles. The minimum atomic E-state index is 0.337. The van der Waals surface area contributed by atoms with E-state index in [9.17, 15) is 4.79 Å². The normalized spacial score (nSPS) is 23.3. The van der Waals surface area contributed by atoms with Crippen LogP contribution in [-0.4, -0.2) is 47.4 Å².